The average Bonchev–Trinajstić information content (AvgIpc) is 2.87. The minimum absolute atomic E-state index is 0.187. The molecular formula is C14H20N2O4S. The van der Waals surface area contributed by atoms with Gasteiger partial charge < -0.3 is 5.11 Å². The van der Waals surface area contributed by atoms with Crippen molar-refractivity contribution in [3.8, 4) is 0 Å². The summed E-state index contributed by atoms with van der Waals surface area (Å²) in [4.78, 5) is 11.0. The standard InChI is InChI=1S/C14H20N2O4S/c1-3-4-8-15(2)21(19,20)16-9-7-11-10-12(14(17)18)5-6-13(11)16/h5-6,10H,3-4,7-9H2,1-2H3,(H,17,18). The van der Waals surface area contributed by atoms with E-state index in [0.29, 0.717) is 25.2 Å². The number of carboxylic acids is 1. The second kappa shape index (κ2) is 6.03. The molecule has 116 valence electrons. The van der Waals surface area contributed by atoms with Crippen LogP contribution >= 0.6 is 0 Å². The lowest BCUT2D eigenvalue weighted by molar-refractivity contribution is 0.0697. The first-order chi connectivity index (χ1) is 9.87. The van der Waals surface area contributed by atoms with Crippen LogP contribution in [0.15, 0.2) is 18.2 Å². The van der Waals surface area contributed by atoms with Crippen molar-refractivity contribution in [2.75, 3.05) is 24.4 Å². The Morgan fingerprint density at radius 3 is 2.76 bits per heavy atom. The molecule has 1 aromatic rings. The summed E-state index contributed by atoms with van der Waals surface area (Å²) < 4.78 is 27.8. The van der Waals surface area contributed by atoms with E-state index in [-0.39, 0.29) is 5.56 Å². The van der Waals surface area contributed by atoms with Gasteiger partial charge in [0.15, 0.2) is 0 Å². The zero-order valence-corrected chi connectivity index (χ0v) is 13.1. The molecule has 7 heteroatoms. The Bertz CT molecular complexity index is 642. The minimum Gasteiger partial charge on any atom is -0.478 e. The van der Waals surface area contributed by atoms with Crippen LogP contribution in [0.5, 0.6) is 0 Å². The second-order valence-corrected chi connectivity index (χ2v) is 7.11. The number of benzene rings is 1. The van der Waals surface area contributed by atoms with Gasteiger partial charge in [-0.2, -0.15) is 12.7 Å². The van der Waals surface area contributed by atoms with Gasteiger partial charge in [-0.3, -0.25) is 4.31 Å². The van der Waals surface area contributed by atoms with Gasteiger partial charge in [-0.05, 0) is 36.6 Å². The maximum Gasteiger partial charge on any atom is 0.335 e. The maximum absolute atomic E-state index is 12.6. The highest BCUT2D eigenvalue weighted by Crippen LogP contribution is 2.32. The summed E-state index contributed by atoms with van der Waals surface area (Å²) in [6, 6.07) is 4.58. The van der Waals surface area contributed by atoms with Gasteiger partial charge in [0.1, 0.15) is 0 Å². The summed E-state index contributed by atoms with van der Waals surface area (Å²) in [5.41, 5.74) is 1.54. The summed E-state index contributed by atoms with van der Waals surface area (Å²) in [6.07, 6.45) is 2.28. The van der Waals surface area contributed by atoms with E-state index in [1.807, 2.05) is 6.92 Å². The third-order valence-electron chi connectivity index (χ3n) is 3.68. The lowest BCUT2D eigenvalue weighted by atomic mass is 10.1. The van der Waals surface area contributed by atoms with Crippen molar-refractivity contribution in [3.05, 3.63) is 29.3 Å². The number of hydrogen-bond acceptors (Lipinski definition) is 3. The molecule has 1 aliphatic heterocycles. The highest BCUT2D eigenvalue weighted by molar-refractivity contribution is 7.90. The van der Waals surface area contributed by atoms with Crippen LogP contribution in [-0.2, 0) is 16.6 Å². The second-order valence-electron chi connectivity index (χ2n) is 5.15. The predicted octanol–water partition coefficient (Wildman–Crippen LogP) is 1.72. The lowest BCUT2D eigenvalue weighted by Gasteiger charge is -2.26. The number of aromatic carboxylic acids is 1. The summed E-state index contributed by atoms with van der Waals surface area (Å²) in [7, 11) is -1.96. The molecule has 0 unspecified atom stereocenters. The fraction of sp³-hybridized carbons (Fsp3) is 0.500. The van der Waals surface area contributed by atoms with Crippen molar-refractivity contribution in [2.45, 2.75) is 26.2 Å². The van der Waals surface area contributed by atoms with E-state index in [2.05, 4.69) is 0 Å². The fourth-order valence-corrected chi connectivity index (χ4v) is 3.85. The van der Waals surface area contributed by atoms with Crippen molar-refractivity contribution < 1.29 is 18.3 Å². The molecule has 1 N–H and O–H groups in total. The van der Waals surface area contributed by atoms with E-state index in [1.54, 1.807) is 19.2 Å². The smallest absolute Gasteiger partial charge is 0.335 e. The number of anilines is 1. The number of carbonyl (C=O) groups is 1. The number of hydrogen-bond donors (Lipinski definition) is 1. The van der Waals surface area contributed by atoms with Crippen LogP contribution in [0, 0.1) is 0 Å². The zero-order valence-electron chi connectivity index (χ0n) is 12.2. The van der Waals surface area contributed by atoms with Crippen molar-refractivity contribution >= 4 is 21.9 Å². The molecule has 0 amide bonds. The van der Waals surface area contributed by atoms with Crippen LogP contribution in [0.1, 0.15) is 35.7 Å². The molecule has 0 bridgehead atoms. The first-order valence-electron chi connectivity index (χ1n) is 6.98. The highest BCUT2D eigenvalue weighted by atomic mass is 32.2. The maximum atomic E-state index is 12.6. The normalized spacial score (nSPS) is 14.5. The van der Waals surface area contributed by atoms with E-state index >= 15 is 0 Å². The molecule has 0 spiro atoms. The lowest BCUT2D eigenvalue weighted by Crippen LogP contribution is -2.41. The Hall–Kier alpha value is -1.60. The van der Waals surface area contributed by atoms with Crippen LogP contribution in [-0.4, -0.2) is 43.9 Å². The van der Waals surface area contributed by atoms with Crippen molar-refractivity contribution in [2.24, 2.45) is 0 Å². The molecule has 21 heavy (non-hydrogen) atoms. The Labute approximate surface area is 125 Å². The summed E-state index contributed by atoms with van der Waals surface area (Å²) in [5, 5.41) is 8.99. The van der Waals surface area contributed by atoms with Gasteiger partial charge in [0.25, 0.3) is 0 Å². The van der Waals surface area contributed by atoms with Gasteiger partial charge in [-0.1, -0.05) is 13.3 Å². The van der Waals surface area contributed by atoms with Gasteiger partial charge >= 0.3 is 16.2 Å². The number of nitrogens with zero attached hydrogens (tertiary/aromatic N) is 2. The first-order valence-corrected chi connectivity index (χ1v) is 8.38. The highest BCUT2D eigenvalue weighted by Gasteiger charge is 2.32. The Morgan fingerprint density at radius 1 is 1.43 bits per heavy atom. The molecule has 1 aromatic carbocycles. The predicted molar refractivity (Wildman–Crippen MR) is 80.9 cm³/mol. The van der Waals surface area contributed by atoms with Crippen molar-refractivity contribution in [1.82, 2.24) is 4.31 Å². The Balaban J connectivity index is 2.28. The third-order valence-corrected chi connectivity index (χ3v) is 5.58. The van der Waals surface area contributed by atoms with Crippen LogP contribution < -0.4 is 4.31 Å². The van der Waals surface area contributed by atoms with E-state index in [0.717, 1.165) is 18.4 Å². The summed E-state index contributed by atoms with van der Waals surface area (Å²) in [6.45, 7) is 2.86. The van der Waals surface area contributed by atoms with Crippen LogP contribution in [0.4, 0.5) is 5.69 Å². The number of carboxylic acid groups (broad SMARTS) is 1. The topological polar surface area (TPSA) is 77.9 Å². The van der Waals surface area contributed by atoms with E-state index in [9.17, 15) is 13.2 Å². The monoisotopic (exact) mass is 312 g/mol. The number of unbranched alkanes of at least 4 members (excludes halogenated alkanes) is 1. The molecule has 0 radical (unpaired) electrons. The molecule has 6 nitrogen and oxygen atoms in total. The average molecular weight is 312 g/mol. The van der Waals surface area contributed by atoms with E-state index < -0.39 is 16.2 Å². The molecular weight excluding hydrogens is 292 g/mol. The van der Waals surface area contributed by atoms with Gasteiger partial charge in [-0.15, -0.1) is 0 Å². The van der Waals surface area contributed by atoms with E-state index in [4.69, 9.17) is 5.11 Å². The molecule has 0 saturated heterocycles. The number of fused-ring (bicyclic) bond motifs is 1. The third kappa shape index (κ3) is 3.03. The molecule has 1 heterocycles. The largest absolute Gasteiger partial charge is 0.478 e. The summed E-state index contributed by atoms with van der Waals surface area (Å²) in [5.74, 6) is -1.00. The zero-order chi connectivity index (χ0) is 15.6. The van der Waals surface area contributed by atoms with Crippen LogP contribution in [0.25, 0.3) is 0 Å². The minimum atomic E-state index is -3.54. The van der Waals surface area contributed by atoms with Gasteiger partial charge in [0, 0.05) is 20.1 Å². The molecule has 2 rings (SSSR count). The quantitative estimate of drug-likeness (QED) is 0.867. The van der Waals surface area contributed by atoms with Gasteiger partial charge in [0.05, 0.1) is 11.3 Å². The molecule has 0 fully saturated rings. The molecule has 0 atom stereocenters. The van der Waals surface area contributed by atoms with Crippen molar-refractivity contribution in [3.63, 3.8) is 0 Å². The SMILES string of the molecule is CCCCN(C)S(=O)(=O)N1CCc2cc(C(=O)O)ccc21. The fourth-order valence-electron chi connectivity index (χ4n) is 2.41. The Kier molecular flexibility index (Phi) is 4.53. The van der Waals surface area contributed by atoms with Crippen LogP contribution in [0.3, 0.4) is 0 Å². The van der Waals surface area contributed by atoms with Gasteiger partial charge in [-0.25, -0.2) is 4.79 Å². The summed E-state index contributed by atoms with van der Waals surface area (Å²) >= 11 is 0. The van der Waals surface area contributed by atoms with Gasteiger partial charge in [0.2, 0.25) is 0 Å². The molecule has 0 saturated carbocycles. The number of rotatable bonds is 6. The Morgan fingerprint density at radius 2 is 2.14 bits per heavy atom. The van der Waals surface area contributed by atoms with E-state index in [1.165, 1.54) is 14.7 Å². The molecule has 0 aromatic heterocycles. The molecule has 1 aliphatic rings. The first kappa shape index (κ1) is 15.8. The molecule has 0 aliphatic carbocycles. The van der Waals surface area contributed by atoms with Crippen molar-refractivity contribution in [1.29, 1.82) is 0 Å². The van der Waals surface area contributed by atoms with Crippen LogP contribution in [0.2, 0.25) is 0 Å².